The fourth-order valence-electron chi connectivity index (χ4n) is 11.2. The van der Waals surface area contributed by atoms with Gasteiger partial charge in [-0.1, -0.05) is 140 Å². The highest BCUT2D eigenvalue weighted by Gasteiger charge is 2.53. The monoisotopic (exact) mass is 849 g/mol. The average molecular weight is 850 g/mol. The van der Waals surface area contributed by atoms with Gasteiger partial charge in [0, 0.05) is 42.8 Å². The summed E-state index contributed by atoms with van der Waals surface area (Å²) in [4.78, 5) is 2.32. The molecule has 3 nitrogen and oxygen atoms in total. The molecule has 10 aromatic rings. The van der Waals surface area contributed by atoms with Gasteiger partial charge in [0.2, 0.25) is 0 Å². The van der Waals surface area contributed by atoms with E-state index in [1.165, 1.54) is 75.8 Å². The number of ether oxygens (including phenoxy) is 2. The maximum Gasteiger partial charge on any atom is 0.177 e. The Morgan fingerprint density at radius 3 is 1.85 bits per heavy atom. The van der Waals surface area contributed by atoms with Crippen LogP contribution in [-0.4, -0.2) is 0 Å². The molecular formula is C61H39NO2S. The predicted molar refractivity (Wildman–Crippen MR) is 269 cm³/mol. The smallest absolute Gasteiger partial charge is 0.177 e. The number of para-hydroxylation sites is 2. The second-order valence-electron chi connectivity index (χ2n) is 17.4. The van der Waals surface area contributed by atoms with Crippen LogP contribution < -0.4 is 14.4 Å². The van der Waals surface area contributed by atoms with Crippen LogP contribution in [0, 0.1) is 0 Å². The summed E-state index contributed by atoms with van der Waals surface area (Å²) in [7, 11) is 0. The van der Waals surface area contributed by atoms with Crippen molar-refractivity contribution < 1.29 is 9.47 Å². The highest BCUT2D eigenvalue weighted by atomic mass is 32.1. The van der Waals surface area contributed by atoms with Gasteiger partial charge in [0.25, 0.3) is 0 Å². The summed E-state index contributed by atoms with van der Waals surface area (Å²) in [6.45, 7) is 0. The molecule has 0 saturated heterocycles. The molecule has 4 aliphatic rings. The van der Waals surface area contributed by atoms with Gasteiger partial charge in [-0.3, -0.25) is 0 Å². The Bertz CT molecular complexity index is 3610. The fraction of sp³-hybridized carbons (Fsp3) is 0.0492. The van der Waals surface area contributed by atoms with E-state index in [4.69, 9.17) is 9.47 Å². The lowest BCUT2D eigenvalue weighted by Crippen LogP contribution is -2.27. The Labute approximate surface area is 381 Å². The van der Waals surface area contributed by atoms with E-state index >= 15 is 0 Å². The average Bonchev–Trinajstić information content (AvgIpc) is 3.99. The third-order valence-corrected chi connectivity index (χ3v) is 15.2. The normalized spacial score (nSPS) is 14.6. The molecule has 1 aromatic heterocycles. The first-order valence-corrected chi connectivity index (χ1v) is 23.3. The Morgan fingerprint density at radius 1 is 0.431 bits per heavy atom. The second-order valence-corrected chi connectivity index (χ2v) is 18.5. The number of rotatable bonds is 5. The van der Waals surface area contributed by atoms with Crippen molar-refractivity contribution in [2.24, 2.45) is 0 Å². The molecule has 0 unspecified atom stereocenters. The van der Waals surface area contributed by atoms with Crippen molar-refractivity contribution in [1.29, 1.82) is 0 Å². The molecule has 9 aromatic carbocycles. The molecule has 1 spiro atoms. The summed E-state index contributed by atoms with van der Waals surface area (Å²) < 4.78 is 16.5. The van der Waals surface area contributed by atoms with Crippen molar-refractivity contribution in [3.05, 3.63) is 240 Å². The molecule has 0 fully saturated rings. The first-order chi connectivity index (χ1) is 32.2. The van der Waals surface area contributed by atoms with Crippen molar-refractivity contribution in [2.45, 2.75) is 18.3 Å². The van der Waals surface area contributed by atoms with E-state index in [-0.39, 0.29) is 0 Å². The third-order valence-electron chi connectivity index (χ3n) is 14.0. The van der Waals surface area contributed by atoms with Crippen molar-refractivity contribution in [2.75, 3.05) is 4.90 Å². The molecule has 0 saturated carbocycles. The lowest BCUT2D eigenvalue weighted by molar-refractivity contribution is 0.360. The Morgan fingerprint density at radius 2 is 1.06 bits per heavy atom. The van der Waals surface area contributed by atoms with Crippen molar-refractivity contribution in [1.82, 2.24) is 0 Å². The van der Waals surface area contributed by atoms with Gasteiger partial charge in [-0.2, -0.15) is 0 Å². The first-order valence-electron chi connectivity index (χ1n) is 22.5. The molecular weight excluding hydrogens is 811 g/mol. The van der Waals surface area contributed by atoms with Gasteiger partial charge in [0.1, 0.15) is 0 Å². The summed E-state index contributed by atoms with van der Waals surface area (Å²) in [6, 6.07) is 72.5. The number of hydrogen-bond donors (Lipinski definition) is 0. The van der Waals surface area contributed by atoms with E-state index < -0.39 is 5.41 Å². The number of benzene rings is 9. The SMILES string of the molecule is C1=CC2=C(CC1)c1cc3c(cc1C21c2ccccc2-c2ccccc21)Oc1cccc(-c2ccc(N(c4ccccc4)c4ccc(-c5ccc6sc7ccccc7c6c5)cc4)cc2)c1O3. The van der Waals surface area contributed by atoms with E-state index in [0.29, 0.717) is 5.75 Å². The standard InChI is InChI=1S/C61H39NO2S/c1-2-13-41(14-3-1)62(42-30-25-38(26-31-42)40-29-34-59-50(35-40)48-18-7-11-24-58(48)65-59)43-32-27-39(28-33-43)44-19-12-23-55-60(44)64-56-36-49-47-17-6-10-22-53(47)61(54(49)37-57(56)63-55)51-20-8-4-15-45(51)46-16-5-9-21-52(46)61/h1-5,7-16,18-37H,6,17H2. The maximum absolute atomic E-state index is 6.99. The largest absolute Gasteiger partial charge is 0.449 e. The van der Waals surface area contributed by atoms with Gasteiger partial charge in [0.05, 0.1) is 5.41 Å². The van der Waals surface area contributed by atoms with Crippen LogP contribution in [0.3, 0.4) is 0 Å². The maximum atomic E-state index is 6.99. The van der Waals surface area contributed by atoms with E-state index in [2.05, 4.69) is 211 Å². The minimum absolute atomic E-state index is 0.401. The van der Waals surface area contributed by atoms with Crippen molar-refractivity contribution in [3.8, 4) is 56.4 Å². The van der Waals surface area contributed by atoms with E-state index in [1.807, 2.05) is 17.4 Å². The molecule has 0 radical (unpaired) electrons. The Hall–Kier alpha value is -7.92. The summed E-state index contributed by atoms with van der Waals surface area (Å²) in [6.07, 6.45) is 6.75. The number of anilines is 3. The fourth-order valence-corrected chi connectivity index (χ4v) is 12.3. The molecule has 0 N–H and O–H groups in total. The molecule has 1 aliphatic heterocycles. The quantitative estimate of drug-likeness (QED) is 0.172. The topological polar surface area (TPSA) is 21.7 Å². The molecule has 14 rings (SSSR count). The summed E-state index contributed by atoms with van der Waals surface area (Å²) in [5.41, 5.74) is 17.9. The zero-order valence-electron chi connectivity index (χ0n) is 35.3. The summed E-state index contributed by atoms with van der Waals surface area (Å²) in [5.74, 6) is 2.95. The van der Waals surface area contributed by atoms with Gasteiger partial charge < -0.3 is 14.4 Å². The van der Waals surface area contributed by atoms with Gasteiger partial charge >= 0.3 is 0 Å². The van der Waals surface area contributed by atoms with Crippen LogP contribution in [0.4, 0.5) is 17.1 Å². The molecule has 2 heterocycles. The molecule has 0 amide bonds. The van der Waals surface area contributed by atoms with E-state index in [0.717, 1.165) is 58.3 Å². The van der Waals surface area contributed by atoms with Gasteiger partial charge in [-0.25, -0.2) is 0 Å². The Kier molecular flexibility index (Phi) is 7.90. The molecule has 0 bridgehead atoms. The number of nitrogens with zero attached hydrogens (tertiary/aromatic N) is 1. The molecule has 0 atom stereocenters. The zero-order valence-corrected chi connectivity index (χ0v) is 36.1. The van der Waals surface area contributed by atoms with Crippen LogP contribution in [0.25, 0.3) is 59.1 Å². The van der Waals surface area contributed by atoms with Crippen LogP contribution in [0.2, 0.25) is 0 Å². The van der Waals surface area contributed by atoms with Gasteiger partial charge in [-0.05, 0) is 147 Å². The van der Waals surface area contributed by atoms with Crippen LogP contribution in [0.5, 0.6) is 23.0 Å². The summed E-state index contributed by atoms with van der Waals surface area (Å²) in [5, 5.41) is 2.63. The van der Waals surface area contributed by atoms with Crippen LogP contribution in [-0.2, 0) is 5.41 Å². The number of hydrogen-bond acceptors (Lipinski definition) is 4. The van der Waals surface area contributed by atoms with Crippen molar-refractivity contribution >= 4 is 54.1 Å². The van der Waals surface area contributed by atoms with Crippen molar-refractivity contribution in [3.63, 3.8) is 0 Å². The first kappa shape index (κ1) is 36.6. The number of allylic oxidation sites excluding steroid dienone is 4. The summed E-state index contributed by atoms with van der Waals surface area (Å²) >= 11 is 1.85. The molecule has 65 heavy (non-hydrogen) atoms. The van der Waals surface area contributed by atoms with Crippen LogP contribution in [0.1, 0.15) is 35.1 Å². The van der Waals surface area contributed by atoms with Gasteiger partial charge in [-0.15, -0.1) is 11.3 Å². The minimum Gasteiger partial charge on any atom is -0.449 e. The molecule has 4 heteroatoms. The lowest BCUT2D eigenvalue weighted by Gasteiger charge is -2.33. The van der Waals surface area contributed by atoms with Gasteiger partial charge in [0.15, 0.2) is 23.0 Å². The van der Waals surface area contributed by atoms with E-state index in [9.17, 15) is 0 Å². The van der Waals surface area contributed by atoms with Crippen LogP contribution >= 0.6 is 11.3 Å². The predicted octanol–water partition coefficient (Wildman–Crippen LogP) is 17.2. The second kappa shape index (κ2) is 14.0. The van der Waals surface area contributed by atoms with Crippen LogP contribution in [0.15, 0.2) is 218 Å². The number of thiophene rings is 1. The molecule has 306 valence electrons. The van der Waals surface area contributed by atoms with E-state index in [1.54, 1.807) is 0 Å². The third kappa shape index (κ3) is 5.35. The highest BCUT2D eigenvalue weighted by Crippen LogP contribution is 2.65. The minimum atomic E-state index is -0.401. The lowest BCUT2D eigenvalue weighted by atomic mass is 9.69. The zero-order chi connectivity index (χ0) is 42.6. The molecule has 3 aliphatic carbocycles. The highest BCUT2D eigenvalue weighted by molar-refractivity contribution is 7.25. The number of fused-ring (bicyclic) bond motifs is 14. The Balaban J connectivity index is 0.810.